The van der Waals surface area contributed by atoms with Crippen molar-refractivity contribution in [1.29, 1.82) is 5.26 Å². The topological polar surface area (TPSA) is 56.6 Å². The van der Waals surface area contributed by atoms with Crippen molar-refractivity contribution in [3.05, 3.63) is 58.0 Å². The summed E-state index contributed by atoms with van der Waals surface area (Å²) in [6, 6.07) is 13.3. The minimum absolute atomic E-state index is 0.174. The van der Waals surface area contributed by atoms with E-state index in [1.807, 2.05) is 49.4 Å². The summed E-state index contributed by atoms with van der Waals surface area (Å²) in [7, 11) is 0. The molecule has 2 aromatic rings. The van der Waals surface area contributed by atoms with Crippen LogP contribution in [-0.4, -0.2) is 4.98 Å². The highest BCUT2D eigenvalue weighted by atomic mass is 16.1. The third-order valence-electron chi connectivity index (χ3n) is 2.67. The standard InChI is InChI=1S/C14H12N2O/c1-2-11-8-12(10-6-4-3-5-7-10)13(9-15)14(17)16-11/h3-8H,2H2,1H3,(H,16,17). The van der Waals surface area contributed by atoms with Crippen LogP contribution in [0.5, 0.6) is 0 Å². The first kappa shape index (κ1) is 11.2. The molecule has 0 aliphatic rings. The second kappa shape index (κ2) is 4.67. The van der Waals surface area contributed by atoms with Gasteiger partial charge in [0.1, 0.15) is 11.6 Å². The number of aromatic amines is 1. The Morgan fingerprint density at radius 2 is 2.00 bits per heavy atom. The number of aryl methyl sites for hydroxylation is 1. The highest BCUT2D eigenvalue weighted by molar-refractivity contribution is 5.70. The number of rotatable bonds is 2. The number of hydrogen-bond acceptors (Lipinski definition) is 2. The van der Waals surface area contributed by atoms with Crippen LogP contribution >= 0.6 is 0 Å². The zero-order valence-corrected chi connectivity index (χ0v) is 9.53. The lowest BCUT2D eigenvalue weighted by atomic mass is 10.0. The van der Waals surface area contributed by atoms with Gasteiger partial charge in [-0.2, -0.15) is 5.26 Å². The molecule has 0 aliphatic carbocycles. The summed E-state index contributed by atoms with van der Waals surface area (Å²) in [5.74, 6) is 0. The van der Waals surface area contributed by atoms with Crippen LogP contribution in [0.25, 0.3) is 11.1 Å². The summed E-state index contributed by atoms with van der Waals surface area (Å²) in [5.41, 5.74) is 2.30. The Hall–Kier alpha value is -2.34. The zero-order chi connectivity index (χ0) is 12.3. The second-order valence-corrected chi connectivity index (χ2v) is 3.74. The Balaban J connectivity index is 2.72. The smallest absolute Gasteiger partial charge is 0.266 e. The molecule has 0 saturated heterocycles. The van der Waals surface area contributed by atoms with Crippen molar-refractivity contribution in [1.82, 2.24) is 4.98 Å². The molecule has 3 nitrogen and oxygen atoms in total. The Kier molecular flexibility index (Phi) is 3.06. The molecule has 1 aromatic heterocycles. The Bertz CT molecular complexity index is 621. The van der Waals surface area contributed by atoms with Gasteiger partial charge in [0.05, 0.1) is 0 Å². The van der Waals surface area contributed by atoms with Gasteiger partial charge in [-0.1, -0.05) is 37.3 Å². The fourth-order valence-electron chi connectivity index (χ4n) is 1.76. The molecule has 0 spiro atoms. The quantitative estimate of drug-likeness (QED) is 0.851. The summed E-state index contributed by atoms with van der Waals surface area (Å²) < 4.78 is 0. The van der Waals surface area contributed by atoms with Crippen LogP contribution in [0.1, 0.15) is 18.2 Å². The summed E-state index contributed by atoms with van der Waals surface area (Å²) in [4.78, 5) is 14.5. The van der Waals surface area contributed by atoms with Crippen molar-refractivity contribution in [2.45, 2.75) is 13.3 Å². The number of hydrogen-bond donors (Lipinski definition) is 1. The van der Waals surface area contributed by atoms with E-state index in [1.165, 1.54) is 0 Å². The van der Waals surface area contributed by atoms with E-state index in [0.29, 0.717) is 5.56 Å². The van der Waals surface area contributed by atoms with Crippen molar-refractivity contribution < 1.29 is 0 Å². The van der Waals surface area contributed by atoms with Crippen LogP contribution in [0.3, 0.4) is 0 Å². The average molecular weight is 224 g/mol. The van der Waals surface area contributed by atoms with E-state index < -0.39 is 0 Å². The number of nitrogens with one attached hydrogen (secondary N) is 1. The largest absolute Gasteiger partial charge is 0.325 e. The van der Waals surface area contributed by atoms with Gasteiger partial charge in [-0.15, -0.1) is 0 Å². The molecule has 0 saturated carbocycles. The van der Waals surface area contributed by atoms with E-state index in [1.54, 1.807) is 0 Å². The van der Waals surface area contributed by atoms with Crippen molar-refractivity contribution >= 4 is 0 Å². The molecule has 0 atom stereocenters. The monoisotopic (exact) mass is 224 g/mol. The van der Waals surface area contributed by atoms with E-state index in [0.717, 1.165) is 17.7 Å². The lowest BCUT2D eigenvalue weighted by Crippen LogP contribution is -2.13. The summed E-state index contributed by atoms with van der Waals surface area (Å²) >= 11 is 0. The Labute approximate surface area is 99.4 Å². The molecular weight excluding hydrogens is 212 g/mol. The lowest BCUT2D eigenvalue weighted by Gasteiger charge is -2.06. The number of nitrogens with zero attached hydrogens (tertiary/aromatic N) is 1. The normalized spacial score (nSPS) is 9.88. The zero-order valence-electron chi connectivity index (χ0n) is 9.53. The predicted octanol–water partition coefficient (Wildman–Crippen LogP) is 2.48. The van der Waals surface area contributed by atoms with Gasteiger partial charge in [-0.3, -0.25) is 4.79 Å². The SMILES string of the molecule is CCc1cc(-c2ccccc2)c(C#N)c(=O)[nH]1. The van der Waals surface area contributed by atoms with Crippen LogP contribution in [0.2, 0.25) is 0 Å². The molecule has 3 heteroatoms. The summed E-state index contributed by atoms with van der Waals surface area (Å²) in [6.07, 6.45) is 0.737. The fourth-order valence-corrected chi connectivity index (χ4v) is 1.76. The first-order valence-corrected chi connectivity index (χ1v) is 5.48. The molecule has 0 radical (unpaired) electrons. The van der Waals surface area contributed by atoms with Crippen molar-refractivity contribution in [2.24, 2.45) is 0 Å². The summed E-state index contributed by atoms with van der Waals surface area (Å²) in [6.45, 7) is 1.96. The first-order valence-electron chi connectivity index (χ1n) is 5.48. The molecule has 84 valence electrons. The van der Waals surface area contributed by atoms with E-state index in [4.69, 9.17) is 5.26 Å². The maximum absolute atomic E-state index is 11.7. The van der Waals surface area contributed by atoms with Crippen LogP contribution < -0.4 is 5.56 Å². The minimum atomic E-state index is -0.314. The predicted molar refractivity (Wildman–Crippen MR) is 66.6 cm³/mol. The van der Waals surface area contributed by atoms with Crippen LogP contribution in [0.4, 0.5) is 0 Å². The van der Waals surface area contributed by atoms with Crippen molar-refractivity contribution in [3.8, 4) is 17.2 Å². The molecule has 0 aliphatic heterocycles. The van der Waals surface area contributed by atoms with Crippen LogP contribution in [0.15, 0.2) is 41.2 Å². The number of nitriles is 1. The van der Waals surface area contributed by atoms with E-state index in [-0.39, 0.29) is 11.1 Å². The van der Waals surface area contributed by atoms with E-state index >= 15 is 0 Å². The second-order valence-electron chi connectivity index (χ2n) is 3.74. The Morgan fingerprint density at radius 3 is 2.59 bits per heavy atom. The molecule has 0 bridgehead atoms. The lowest BCUT2D eigenvalue weighted by molar-refractivity contribution is 1.01. The summed E-state index contributed by atoms with van der Waals surface area (Å²) in [5, 5.41) is 9.05. The Morgan fingerprint density at radius 1 is 1.29 bits per heavy atom. The van der Waals surface area contributed by atoms with Crippen molar-refractivity contribution in [2.75, 3.05) is 0 Å². The number of benzene rings is 1. The van der Waals surface area contributed by atoms with Crippen molar-refractivity contribution in [3.63, 3.8) is 0 Å². The minimum Gasteiger partial charge on any atom is -0.325 e. The molecule has 1 heterocycles. The number of H-pyrrole nitrogens is 1. The molecule has 1 N–H and O–H groups in total. The van der Waals surface area contributed by atoms with Gasteiger partial charge in [0.25, 0.3) is 5.56 Å². The molecule has 1 aromatic carbocycles. The van der Waals surface area contributed by atoms with Gasteiger partial charge in [-0.05, 0) is 18.1 Å². The van der Waals surface area contributed by atoms with E-state index in [9.17, 15) is 4.79 Å². The van der Waals surface area contributed by atoms with Crippen LogP contribution in [0, 0.1) is 11.3 Å². The maximum Gasteiger partial charge on any atom is 0.266 e. The van der Waals surface area contributed by atoms with Crippen LogP contribution in [-0.2, 0) is 6.42 Å². The molecular formula is C14H12N2O. The first-order chi connectivity index (χ1) is 8.26. The van der Waals surface area contributed by atoms with Gasteiger partial charge in [0.15, 0.2) is 0 Å². The molecule has 2 rings (SSSR count). The number of pyridine rings is 1. The third kappa shape index (κ3) is 2.11. The van der Waals surface area contributed by atoms with Gasteiger partial charge >= 0.3 is 0 Å². The average Bonchev–Trinajstić information content (AvgIpc) is 2.38. The molecule has 17 heavy (non-hydrogen) atoms. The van der Waals surface area contributed by atoms with Gasteiger partial charge in [-0.25, -0.2) is 0 Å². The molecule has 0 amide bonds. The van der Waals surface area contributed by atoms with Gasteiger partial charge in [0, 0.05) is 11.3 Å². The fraction of sp³-hybridized carbons (Fsp3) is 0.143. The molecule has 0 unspecified atom stereocenters. The molecule has 0 fully saturated rings. The highest BCUT2D eigenvalue weighted by Gasteiger charge is 2.10. The third-order valence-corrected chi connectivity index (χ3v) is 2.67. The maximum atomic E-state index is 11.7. The number of aromatic nitrogens is 1. The van der Waals surface area contributed by atoms with E-state index in [2.05, 4.69) is 4.98 Å². The van der Waals surface area contributed by atoms with Gasteiger partial charge in [0.2, 0.25) is 0 Å². The highest BCUT2D eigenvalue weighted by Crippen LogP contribution is 2.21. The van der Waals surface area contributed by atoms with Gasteiger partial charge < -0.3 is 4.98 Å².